The predicted octanol–water partition coefficient (Wildman–Crippen LogP) is 14.6. The molecule has 4 atom stereocenters. The van der Waals surface area contributed by atoms with Gasteiger partial charge >= 0.3 is 0 Å². The summed E-state index contributed by atoms with van der Waals surface area (Å²) in [6.07, 6.45) is 18.6. The summed E-state index contributed by atoms with van der Waals surface area (Å²) in [5, 5.41) is 10.0. The molecule has 4 unspecified atom stereocenters. The van der Waals surface area contributed by atoms with Crippen molar-refractivity contribution in [1.82, 2.24) is 0 Å². The lowest BCUT2D eigenvalue weighted by Gasteiger charge is -2.36. The van der Waals surface area contributed by atoms with Crippen molar-refractivity contribution in [2.24, 2.45) is 17.8 Å². The van der Waals surface area contributed by atoms with Crippen LogP contribution >= 0.6 is 11.3 Å². The van der Waals surface area contributed by atoms with Gasteiger partial charge in [-0.2, -0.15) is 0 Å². The zero-order valence-electron chi connectivity index (χ0n) is 34.9. The van der Waals surface area contributed by atoms with Gasteiger partial charge in [-0.3, -0.25) is 0 Å². The summed E-state index contributed by atoms with van der Waals surface area (Å²) in [6.45, 7) is 0. The number of thiophene rings is 1. The molecule has 14 rings (SSSR count). The van der Waals surface area contributed by atoms with E-state index in [2.05, 4.69) is 218 Å². The average molecular weight is 833 g/mol. The van der Waals surface area contributed by atoms with Gasteiger partial charge in [-0.25, -0.2) is 0 Å². The number of fused-ring (bicyclic) bond motifs is 11. The highest BCUT2D eigenvalue weighted by Crippen LogP contribution is 2.51. The van der Waals surface area contributed by atoms with E-state index in [-0.39, 0.29) is 23.7 Å². The summed E-state index contributed by atoms with van der Waals surface area (Å²) in [5.74, 6) is 0.867. The van der Waals surface area contributed by atoms with Crippen molar-refractivity contribution in [3.63, 3.8) is 0 Å². The summed E-state index contributed by atoms with van der Waals surface area (Å²) < 4.78 is 9.13. The van der Waals surface area contributed by atoms with Gasteiger partial charge in [0.2, 0.25) is 0 Å². The zero-order valence-corrected chi connectivity index (χ0v) is 35.7. The van der Waals surface area contributed by atoms with Gasteiger partial charge in [-0.05, 0) is 113 Å². The fraction of sp³-hybridized carbons (Fsp3) is 0.0645. The van der Waals surface area contributed by atoms with Gasteiger partial charge in [0.05, 0.1) is 0 Å². The fourth-order valence-corrected chi connectivity index (χ4v) is 13.0. The lowest BCUT2D eigenvalue weighted by atomic mass is 9.66. The Labute approximate surface area is 374 Å². The lowest BCUT2D eigenvalue weighted by Crippen LogP contribution is -2.40. The molecule has 0 N–H and O–H groups in total. The quantitative estimate of drug-likeness (QED) is 0.172. The molecular weight excluding hydrogens is 793 g/mol. The molecule has 0 saturated carbocycles. The Morgan fingerprint density at radius 2 is 1.12 bits per heavy atom. The van der Waals surface area contributed by atoms with Gasteiger partial charge < -0.3 is 4.42 Å². The van der Waals surface area contributed by atoms with E-state index < -0.39 is 0 Å². The van der Waals surface area contributed by atoms with Gasteiger partial charge in [0.15, 0.2) is 0 Å². The second kappa shape index (κ2) is 14.0. The third-order valence-corrected chi connectivity index (χ3v) is 15.6. The molecule has 0 radical (unpaired) electrons. The molecule has 0 fully saturated rings. The van der Waals surface area contributed by atoms with E-state index in [9.17, 15) is 0 Å². The standard InChI is InChI=1S/C62H40OS/c1-2-15-37(16-3-1)58-42-19-6-8-21-44(42)60(45-22-9-7-20-43(45)58)41-29-31-50-57(36-41)64-56-28-14-27-51(62(50)56)61-48-25-12-10-23-46(48)59(47-24-11-13-26-49(47)61)40-30-32-54-52(34-40)53-33-38-17-4-5-18-39(38)35-55(53)63-54/h1-36,42,46,48,58H. The van der Waals surface area contributed by atoms with Crippen molar-refractivity contribution in [1.29, 1.82) is 0 Å². The maximum absolute atomic E-state index is 6.48. The molecular formula is C62H40OS. The minimum atomic E-state index is 0.168. The van der Waals surface area contributed by atoms with Crippen molar-refractivity contribution < 1.29 is 4.42 Å². The lowest BCUT2D eigenvalue weighted by molar-refractivity contribution is 0.649. The first kappa shape index (κ1) is 36.0. The van der Waals surface area contributed by atoms with E-state index in [0.29, 0.717) is 0 Å². The molecule has 1 nitrogen and oxygen atoms in total. The Balaban J connectivity index is 0.965. The summed E-state index contributed by atoms with van der Waals surface area (Å²) in [4.78, 5) is 0. The molecule has 0 spiro atoms. The molecule has 0 bridgehead atoms. The van der Waals surface area contributed by atoms with E-state index in [1.807, 2.05) is 11.3 Å². The normalized spacial score (nSPS) is 19.8. The maximum atomic E-state index is 6.48. The average Bonchev–Trinajstić information content (AvgIpc) is 3.91. The SMILES string of the molecule is C1=CC2=C(c3ccc4c(c3)sc3cccc(C5=c6ccccc6=C(c6ccc7oc8cc9ccccc9cc8c7c6)C6C=CC=CC56)c34)c3ccccc3C(c3ccccc3)C2C=C1. The topological polar surface area (TPSA) is 13.1 Å². The first-order valence-corrected chi connectivity index (χ1v) is 23.3. The second-order valence-corrected chi connectivity index (χ2v) is 18.9. The molecule has 0 aliphatic heterocycles. The fourth-order valence-electron chi connectivity index (χ4n) is 11.8. The Morgan fingerprint density at radius 3 is 2.00 bits per heavy atom. The van der Waals surface area contributed by atoms with Crippen LogP contribution in [-0.2, 0) is 0 Å². The molecule has 2 heteroatoms. The molecule has 2 aromatic heterocycles. The van der Waals surface area contributed by atoms with E-state index in [1.165, 1.54) is 97.1 Å². The smallest absolute Gasteiger partial charge is 0.136 e. The van der Waals surface area contributed by atoms with Crippen LogP contribution in [0.3, 0.4) is 0 Å². The van der Waals surface area contributed by atoms with Gasteiger partial charge in [-0.1, -0.05) is 182 Å². The zero-order chi connectivity index (χ0) is 41.9. The molecule has 4 aliphatic carbocycles. The molecule has 0 saturated heterocycles. The minimum Gasteiger partial charge on any atom is -0.456 e. The minimum absolute atomic E-state index is 0.168. The number of benzene rings is 8. The number of hydrogen-bond acceptors (Lipinski definition) is 2. The van der Waals surface area contributed by atoms with Crippen molar-refractivity contribution in [3.05, 3.63) is 268 Å². The molecule has 64 heavy (non-hydrogen) atoms. The highest BCUT2D eigenvalue weighted by atomic mass is 32.1. The molecule has 0 amide bonds. The number of furan rings is 1. The monoisotopic (exact) mass is 832 g/mol. The predicted molar refractivity (Wildman–Crippen MR) is 269 cm³/mol. The second-order valence-electron chi connectivity index (χ2n) is 17.8. The Kier molecular flexibility index (Phi) is 7.87. The number of rotatable bonds is 4. The van der Waals surface area contributed by atoms with Crippen LogP contribution in [0, 0.1) is 17.8 Å². The number of hydrogen-bond donors (Lipinski definition) is 0. The van der Waals surface area contributed by atoms with Crippen molar-refractivity contribution in [2.75, 3.05) is 0 Å². The summed E-state index contributed by atoms with van der Waals surface area (Å²) in [5.41, 5.74) is 15.3. The van der Waals surface area contributed by atoms with Gasteiger partial charge in [-0.15, -0.1) is 11.3 Å². The number of allylic oxidation sites excluding steroid dienone is 9. The van der Waals surface area contributed by atoms with E-state index in [4.69, 9.17) is 4.42 Å². The highest BCUT2D eigenvalue weighted by molar-refractivity contribution is 7.25. The van der Waals surface area contributed by atoms with Crippen LogP contribution in [0.25, 0.3) is 69.6 Å². The van der Waals surface area contributed by atoms with Crippen molar-refractivity contribution >= 4 is 80.9 Å². The third kappa shape index (κ3) is 5.30. The van der Waals surface area contributed by atoms with Crippen LogP contribution in [0.2, 0.25) is 0 Å². The van der Waals surface area contributed by atoms with Crippen LogP contribution in [0.15, 0.2) is 228 Å². The van der Waals surface area contributed by atoms with Crippen LogP contribution < -0.4 is 10.4 Å². The van der Waals surface area contributed by atoms with Gasteiger partial charge in [0.1, 0.15) is 11.2 Å². The van der Waals surface area contributed by atoms with Gasteiger partial charge in [0.25, 0.3) is 0 Å². The molecule has 4 aliphatic rings. The Bertz CT molecular complexity index is 3920. The van der Waals surface area contributed by atoms with Crippen LogP contribution in [-0.4, -0.2) is 0 Å². The van der Waals surface area contributed by atoms with E-state index in [1.54, 1.807) is 0 Å². The molecule has 8 aromatic carbocycles. The summed E-state index contributed by atoms with van der Waals surface area (Å²) in [7, 11) is 0. The van der Waals surface area contributed by atoms with E-state index in [0.717, 1.165) is 21.9 Å². The summed E-state index contributed by atoms with van der Waals surface area (Å²) in [6, 6.07) is 63.4. The van der Waals surface area contributed by atoms with E-state index >= 15 is 0 Å². The largest absolute Gasteiger partial charge is 0.456 e. The van der Waals surface area contributed by atoms with Crippen molar-refractivity contribution in [2.45, 2.75) is 5.92 Å². The molecule has 2 heterocycles. The molecule has 10 aromatic rings. The maximum Gasteiger partial charge on any atom is 0.136 e. The first-order chi connectivity index (χ1) is 31.7. The third-order valence-electron chi connectivity index (χ3n) is 14.5. The van der Waals surface area contributed by atoms with Crippen LogP contribution in [0.1, 0.15) is 39.3 Å². The molecule has 300 valence electrons. The Morgan fingerprint density at radius 1 is 0.438 bits per heavy atom. The Hall–Kier alpha value is -7.52. The highest BCUT2D eigenvalue weighted by Gasteiger charge is 2.36. The van der Waals surface area contributed by atoms with Gasteiger partial charge in [0, 0.05) is 54.6 Å². The van der Waals surface area contributed by atoms with Crippen LogP contribution in [0.5, 0.6) is 0 Å². The van der Waals surface area contributed by atoms with Crippen LogP contribution in [0.4, 0.5) is 0 Å². The van der Waals surface area contributed by atoms with Crippen molar-refractivity contribution in [3.8, 4) is 0 Å². The summed E-state index contributed by atoms with van der Waals surface area (Å²) >= 11 is 1.92. The first-order valence-electron chi connectivity index (χ1n) is 22.5.